The van der Waals surface area contributed by atoms with Gasteiger partial charge in [-0.15, -0.1) is 0 Å². The first-order valence-corrected chi connectivity index (χ1v) is 9.69. The highest BCUT2D eigenvalue weighted by Crippen LogP contribution is 2.68. The summed E-state index contributed by atoms with van der Waals surface area (Å²) in [7, 11) is 0. The number of carbonyl (C=O) groups excluding carboxylic acids is 2. The van der Waals surface area contributed by atoms with Crippen LogP contribution in [0.4, 0.5) is 0 Å². The SMILES string of the molecule is CC(=O)[C@@H]1CC[C@]2(O)[C@H]3CCC4=CC(=O)CC[C@@]4(C)[C@@H]3CC[C@]12C. The van der Waals surface area contributed by atoms with E-state index in [-0.39, 0.29) is 34.2 Å². The molecule has 6 atom stereocenters. The van der Waals surface area contributed by atoms with Crippen LogP contribution in [0, 0.1) is 28.6 Å². The summed E-state index contributed by atoms with van der Waals surface area (Å²) in [5, 5.41) is 11.8. The Labute approximate surface area is 144 Å². The molecule has 0 amide bonds. The van der Waals surface area contributed by atoms with E-state index in [1.807, 2.05) is 6.08 Å². The molecule has 3 fully saturated rings. The third kappa shape index (κ3) is 1.88. The van der Waals surface area contributed by atoms with E-state index in [0.717, 1.165) is 44.9 Å². The van der Waals surface area contributed by atoms with Crippen LogP contribution in [-0.4, -0.2) is 22.3 Å². The Hall–Kier alpha value is -0.960. The highest BCUT2D eigenvalue weighted by molar-refractivity contribution is 5.91. The van der Waals surface area contributed by atoms with E-state index in [9.17, 15) is 14.7 Å². The van der Waals surface area contributed by atoms with E-state index in [1.54, 1.807) is 6.92 Å². The van der Waals surface area contributed by atoms with Gasteiger partial charge in [-0.1, -0.05) is 19.4 Å². The molecule has 24 heavy (non-hydrogen) atoms. The van der Waals surface area contributed by atoms with Crippen molar-refractivity contribution in [2.75, 3.05) is 0 Å². The average molecular weight is 330 g/mol. The molecule has 0 aromatic heterocycles. The van der Waals surface area contributed by atoms with Crippen LogP contribution in [0.15, 0.2) is 11.6 Å². The Bertz CT molecular complexity index is 635. The Morgan fingerprint density at radius 2 is 1.83 bits per heavy atom. The summed E-state index contributed by atoms with van der Waals surface area (Å²) < 4.78 is 0. The molecule has 0 aliphatic heterocycles. The highest BCUT2D eigenvalue weighted by Gasteiger charge is 2.67. The van der Waals surface area contributed by atoms with Crippen molar-refractivity contribution in [1.29, 1.82) is 0 Å². The van der Waals surface area contributed by atoms with Gasteiger partial charge >= 0.3 is 0 Å². The van der Waals surface area contributed by atoms with Crippen LogP contribution in [0.5, 0.6) is 0 Å². The average Bonchev–Trinajstić information content (AvgIpc) is 2.80. The lowest BCUT2D eigenvalue weighted by molar-refractivity contribution is -0.185. The molecule has 1 N–H and O–H groups in total. The molecular weight excluding hydrogens is 300 g/mol. The van der Waals surface area contributed by atoms with Gasteiger partial charge in [0.15, 0.2) is 5.78 Å². The van der Waals surface area contributed by atoms with E-state index >= 15 is 0 Å². The van der Waals surface area contributed by atoms with Crippen LogP contribution in [0.1, 0.15) is 72.1 Å². The Morgan fingerprint density at radius 1 is 1.08 bits per heavy atom. The minimum atomic E-state index is -0.706. The van der Waals surface area contributed by atoms with Crippen LogP contribution in [0.25, 0.3) is 0 Å². The van der Waals surface area contributed by atoms with Gasteiger partial charge in [-0.3, -0.25) is 9.59 Å². The number of ketones is 2. The molecule has 0 radical (unpaired) electrons. The lowest BCUT2D eigenvalue weighted by Gasteiger charge is -2.61. The second-order valence-corrected chi connectivity index (χ2v) is 9.39. The fourth-order valence-corrected chi connectivity index (χ4v) is 7.18. The zero-order chi connectivity index (χ0) is 17.3. The first kappa shape index (κ1) is 16.5. The molecule has 3 saturated carbocycles. The maximum Gasteiger partial charge on any atom is 0.155 e. The Morgan fingerprint density at radius 3 is 2.54 bits per heavy atom. The fraction of sp³-hybridized carbons (Fsp3) is 0.810. The van der Waals surface area contributed by atoms with Crippen molar-refractivity contribution in [3.63, 3.8) is 0 Å². The van der Waals surface area contributed by atoms with Crippen LogP contribution in [0.2, 0.25) is 0 Å². The number of rotatable bonds is 1. The smallest absolute Gasteiger partial charge is 0.155 e. The van der Waals surface area contributed by atoms with Crippen molar-refractivity contribution in [2.24, 2.45) is 28.6 Å². The summed E-state index contributed by atoms with van der Waals surface area (Å²) in [6.07, 6.45) is 9.01. The van der Waals surface area contributed by atoms with Gasteiger partial charge in [0.05, 0.1) is 5.60 Å². The molecule has 0 bridgehead atoms. The van der Waals surface area contributed by atoms with Crippen molar-refractivity contribution in [1.82, 2.24) is 0 Å². The van der Waals surface area contributed by atoms with Crippen molar-refractivity contribution in [2.45, 2.75) is 77.7 Å². The lowest BCUT2D eigenvalue weighted by Crippen LogP contribution is -2.61. The molecule has 0 spiro atoms. The molecule has 4 aliphatic carbocycles. The van der Waals surface area contributed by atoms with Gasteiger partial charge in [-0.05, 0) is 75.2 Å². The van der Waals surface area contributed by atoms with E-state index in [4.69, 9.17) is 0 Å². The van der Waals surface area contributed by atoms with Gasteiger partial charge in [-0.25, -0.2) is 0 Å². The monoisotopic (exact) mass is 330 g/mol. The summed E-state index contributed by atoms with van der Waals surface area (Å²) in [6.45, 7) is 6.19. The van der Waals surface area contributed by atoms with Crippen molar-refractivity contribution in [3.05, 3.63) is 11.6 Å². The summed E-state index contributed by atoms with van der Waals surface area (Å²) in [5.41, 5.74) is 0.431. The first-order valence-electron chi connectivity index (χ1n) is 9.69. The van der Waals surface area contributed by atoms with Crippen molar-refractivity contribution < 1.29 is 14.7 Å². The molecule has 0 aromatic rings. The Kier molecular flexibility index (Phi) is 3.46. The number of hydrogen-bond acceptors (Lipinski definition) is 3. The molecule has 0 saturated heterocycles. The minimum Gasteiger partial charge on any atom is -0.389 e. The third-order valence-corrected chi connectivity index (χ3v) is 8.64. The molecule has 0 heterocycles. The molecule has 0 aromatic carbocycles. The molecule has 132 valence electrons. The quantitative estimate of drug-likeness (QED) is 0.795. The van der Waals surface area contributed by atoms with Gasteiger partial charge < -0.3 is 5.11 Å². The lowest BCUT2D eigenvalue weighted by atomic mass is 9.45. The second-order valence-electron chi connectivity index (χ2n) is 9.39. The second kappa shape index (κ2) is 5.03. The predicted octanol–water partition coefficient (Wildman–Crippen LogP) is 3.84. The topological polar surface area (TPSA) is 54.4 Å². The van der Waals surface area contributed by atoms with Crippen LogP contribution < -0.4 is 0 Å². The maximum absolute atomic E-state index is 12.2. The number of allylic oxidation sites excluding steroid dienone is 1. The Balaban J connectivity index is 1.73. The standard InChI is InChI=1S/C21H30O3/c1-13(22)16-8-11-21(24)18-5-4-14-12-15(23)6-9-19(14,2)17(18)7-10-20(16,21)3/h12,16-18,24H,4-11H2,1-3H3/t16-,17+,18-,19+,20+,21-/m0/s1. The van der Waals surface area contributed by atoms with Crippen molar-refractivity contribution >= 4 is 11.6 Å². The van der Waals surface area contributed by atoms with Crippen LogP contribution >= 0.6 is 0 Å². The minimum absolute atomic E-state index is 0.0149. The number of Topliss-reactive ketones (excluding diaryl/α,β-unsaturated/α-hetero) is 1. The molecule has 3 heteroatoms. The molecule has 3 nitrogen and oxygen atoms in total. The summed E-state index contributed by atoms with van der Waals surface area (Å²) >= 11 is 0. The largest absolute Gasteiger partial charge is 0.389 e. The maximum atomic E-state index is 12.2. The van der Waals surface area contributed by atoms with Gasteiger partial charge in [0, 0.05) is 17.8 Å². The van der Waals surface area contributed by atoms with Crippen LogP contribution in [-0.2, 0) is 9.59 Å². The molecular formula is C21H30O3. The number of carbonyl (C=O) groups is 2. The van der Waals surface area contributed by atoms with E-state index in [0.29, 0.717) is 12.3 Å². The summed E-state index contributed by atoms with van der Waals surface area (Å²) in [6, 6.07) is 0. The predicted molar refractivity (Wildman–Crippen MR) is 92.3 cm³/mol. The van der Waals surface area contributed by atoms with Gasteiger partial charge in [-0.2, -0.15) is 0 Å². The number of fused-ring (bicyclic) bond motifs is 5. The van der Waals surface area contributed by atoms with Gasteiger partial charge in [0.25, 0.3) is 0 Å². The van der Waals surface area contributed by atoms with Crippen molar-refractivity contribution in [3.8, 4) is 0 Å². The van der Waals surface area contributed by atoms with Gasteiger partial charge in [0.1, 0.15) is 5.78 Å². The zero-order valence-electron chi connectivity index (χ0n) is 15.2. The van der Waals surface area contributed by atoms with Crippen LogP contribution in [0.3, 0.4) is 0 Å². The van der Waals surface area contributed by atoms with Gasteiger partial charge in [0.2, 0.25) is 0 Å². The van der Waals surface area contributed by atoms with E-state index in [2.05, 4.69) is 13.8 Å². The normalized spacial score (nSPS) is 50.6. The fourth-order valence-electron chi connectivity index (χ4n) is 7.18. The number of aliphatic hydroxyl groups is 1. The summed E-state index contributed by atoms with van der Waals surface area (Å²) in [5.74, 6) is 1.27. The third-order valence-electron chi connectivity index (χ3n) is 8.64. The van der Waals surface area contributed by atoms with E-state index < -0.39 is 5.60 Å². The molecule has 4 aliphatic rings. The zero-order valence-corrected chi connectivity index (χ0v) is 15.2. The molecule has 0 unspecified atom stereocenters. The summed E-state index contributed by atoms with van der Waals surface area (Å²) in [4.78, 5) is 24.0. The highest BCUT2D eigenvalue weighted by atomic mass is 16.3. The molecule has 4 rings (SSSR count). The number of hydrogen-bond donors (Lipinski definition) is 1. The van der Waals surface area contributed by atoms with E-state index in [1.165, 1.54) is 5.57 Å². The first-order chi connectivity index (χ1) is 11.2.